The second-order valence-corrected chi connectivity index (χ2v) is 4.17. The second-order valence-electron chi connectivity index (χ2n) is 4.17. The standard InChI is InChI=1S/C11H18N6O2/c1-16(4-6-19)11-14-9(12-3-5-18)8-7-13-17(2)10(8)15-11/h7,18-19H,3-6H2,1-2H3,(H,12,14,15). The van der Waals surface area contributed by atoms with Gasteiger partial charge in [-0.05, 0) is 0 Å². The Balaban J connectivity index is 2.45. The number of aromatic nitrogens is 4. The summed E-state index contributed by atoms with van der Waals surface area (Å²) in [6.45, 7) is 0.906. The third kappa shape index (κ3) is 2.74. The molecular weight excluding hydrogens is 248 g/mol. The molecule has 2 aromatic heterocycles. The number of hydrogen-bond donors (Lipinski definition) is 3. The summed E-state index contributed by atoms with van der Waals surface area (Å²) in [7, 11) is 3.62. The third-order valence-electron chi connectivity index (χ3n) is 2.76. The van der Waals surface area contributed by atoms with Crippen LogP contribution >= 0.6 is 0 Å². The number of likely N-dealkylation sites (N-methyl/N-ethyl adjacent to an activating group) is 1. The van der Waals surface area contributed by atoms with Gasteiger partial charge in [0, 0.05) is 27.2 Å². The molecule has 8 heteroatoms. The van der Waals surface area contributed by atoms with Crippen molar-refractivity contribution in [1.82, 2.24) is 19.7 Å². The molecule has 2 heterocycles. The van der Waals surface area contributed by atoms with Gasteiger partial charge in [-0.3, -0.25) is 4.68 Å². The summed E-state index contributed by atoms with van der Waals surface area (Å²) in [5, 5.41) is 25.9. The Kier molecular flexibility index (Phi) is 4.13. The first-order valence-corrected chi connectivity index (χ1v) is 6.04. The number of aliphatic hydroxyl groups excluding tert-OH is 2. The van der Waals surface area contributed by atoms with E-state index in [2.05, 4.69) is 20.4 Å². The highest BCUT2D eigenvalue weighted by molar-refractivity contribution is 5.87. The van der Waals surface area contributed by atoms with Gasteiger partial charge in [0.1, 0.15) is 5.82 Å². The lowest BCUT2D eigenvalue weighted by molar-refractivity contribution is 0.303. The number of aliphatic hydroxyl groups is 2. The van der Waals surface area contributed by atoms with Crippen molar-refractivity contribution < 1.29 is 10.2 Å². The van der Waals surface area contributed by atoms with Gasteiger partial charge < -0.3 is 20.4 Å². The molecule has 0 aliphatic heterocycles. The fraction of sp³-hybridized carbons (Fsp3) is 0.545. The molecule has 0 unspecified atom stereocenters. The van der Waals surface area contributed by atoms with Gasteiger partial charge in [0.05, 0.1) is 24.8 Å². The van der Waals surface area contributed by atoms with Crippen LogP contribution in [0.4, 0.5) is 11.8 Å². The zero-order valence-corrected chi connectivity index (χ0v) is 11.0. The van der Waals surface area contributed by atoms with E-state index in [9.17, 15) is 0 Å². The zero-order chi connectivity index (χ0) is 13.8. The molecule has 2 aromatic rings. The molecule has 8 nitrogen and oxygen atoms in total. The van der Waals surface area contributed by atoms with Gasteiger partial charge in [-0.25, -0.2) is 0 Å². The highest BCUT2D eigenvalue weighted by atomic mass is 16.3. The molecule has 0 saturated carbocycles. The van der Waals surface area contributed by atoms with E-state index in [0.717, 1.165) is 5.39 Å². The van der Waals surface area contributed by atoms with E-state index in [1.165, 1.54) is 0 Å². The molecule has 3 N–H and O–H groups in total. The lowest BCUT2D eigenvalue weighted by Crippen LogP contribution is -2.24. The fourth-order valence-electron chi connectivity index (χ4n) is 1.74. The van der Waals surface area contributed by atoms with Crippen molar-refractivity contribution in [2.24, 2.45) is 7.05 Å². The molecule has 0 aromatic carbocycles. The maximum atomic E-state index is 8.97. The zero-order valence-electron chi connectivity index (χ0n) is 11.0. The minimum absolute atomic E-state index is 0.0214. The van der Waals surface area contributed by atoms with E-state index in [-0.39, 0.29) is 13.2 Å². The molecule has 0 amide bonds. The number of anilines is 2. The van der Waals surface area contributed by atoms with Gasteiger partial charge in [0.2, 0.25) is 5.95 Å². The highest BCUT2D eigenvalue weighted by Gasteiger charge is 2.13. The summed E-state index contributed by atoms with van der Waals surface area (Å²) < 4.78 is 1.66. The normalized spacial score (nSPS) is 10.9. The Morgan fingerprint density at radius 2 is 2.11 bits per heavy atom. The summed E-state index contributed by atoms with van der Waals surface area (Å²) in [6, 6.07) is 0. The van der Waals surface area contributed by atoms with Crippen LogP contribution in [0, 0.1) is 0 Å². The number of nitrogens with one attached hydrogen (secondary N) is 1. The summed E-state index contributed by atoms with van der Waals surface area (Å²) in [6.07, 6.45) is 1.69. The number of fused-ring (bicyclic) bond motifs is 1. The number of aryl methyl sites for hydroxylation is 1. The van der Waals surface area contributed by atoms with Crippen LogP contribution in [0.1, 0.15) is 0 Å². The molecule has 0 radical (unpaired) electrons. The molecule has 0 atom stereocenters. The van der Waals surface area contributed by atoms with E-state index < -0.39 is 0 Å². The van der Waals surface area contributed by atoms with Crippen molar-refractivity contribution in [2.45, 2.75) is 0 Å². The van der Waals surface area contributed by atoms with Crippen LogP contribution in [-0.4, -0.2) is 63.3 Å². The second kappa shape index (κ2) is 5.81. The van der Waals surface area contributed by atoms with E-state index in [0.29, 0.717) is 30.5 Å². The maximum absolute atomic E-state index is 8.97. The van der Waals surface area contributed by atoms with E-state index in [1.807, 2.05) is 7.05 Å². The van der Waals surface area contributed by atoms with Crippen molar-refractivity contribution in [3.8, 4) is 0 Å². The molecule has 0 spiro atoms. The summed E-state index contributed by atoms with van der Waals surface area (Å²) in [5.74, 6) is 1.14. The third-order valence-corrected chi connectivity index (χ3v) is 2.76. The van der Waals surface area contributed by atoms with Gasteiger partial charge in [0.15, 0.2) is 5.65 Å². The minimum atomic E-state index is 0.0214. The van der Waals surface area contributed by atoms with Gasteiger partial charge in [-0.2, -0.15) is 15.1 Å². The largest absolute Gasteiger partial charge is 0.395 e. The van der Waals surface area contributed by atoms with Crippen molar-refractivity contribution in [3.63, 3.8) is 0 Å². The lowest BCUT2D eigenvalue weighted by atomic mass is 10.4. The van der Waals surface area contributed by atoms with Crippen LogP contribution in [0.15, 0.2) is 6.20 Å². The smallest absolute Gasteiger partial charge is 0.229 e. The topological polar surface area (TPSA) is 99.3 Å². The van der Waals surface area contributed by atoms with Crippen molar-refractivity contribution in [1.29, 1.82) is 0 Å². The van der Waals surface area contributed by atoms with Gasteiger partial charge in [0.25, 0.3) is 0 Å². The van der Waals surface area contributed by atoms with Crippen LogP contribution in [-0.2, 0) is 7.05 Å². The predicted octanol–water partition coefficient (Wildman–Crippen LogP) is -0.804. The van der Waals surface area contributed by atoms with Crippen LogP contribution < -0.4 is 10.2 Å². The first-order chi connectivity index (χ1) is 9.17. The molecule has 0 fully saturated rings. The fourth-order valence-corrected chi connectivity index (χ4v) is 1.74. The minimum Gasteiger partial charge on any atom is -0.395 e. The molecule has 0 aliphatic rings. The molecule has 0 aliphatic carbocycles. The average Bonchev–Trinajstić information content (AvgIpc) is 2.78. The monoisotopic (exact) mass is 266 g/mol. The molecule has 0 bridgehead atoms. The highest BCUT2D eigenvalue weighted by Crippen LogP contribution is 2.22. The summed E-state index contributed by atoms with van der Waals surface area (Å²) in [5.41, 5.74) is 0.704. The summed E-state index contributed by atoms with van der Waals surface area (Å²) in [4.78, 5) is 10.6. The Bertz CT molecular complexity index is 555. The van der Waals surface area contributed by atoms with Crippen LogP contribution in [0.2, 0.25) is 0 Å². The molecule has 2 rings (SSSR count). The van der Waals surface area contributed by atoms with Crippen LogP contribution in [0.3, 0.4) is 0 Å². The Morgan fingerprint density at radius 1 is 1.32 bits per heavy atom. The first kappa shape index (κ1) is 13.5. The lowest BCUT2D eigenvalue weighted by Gasteiger charge is -2.17. The Morgan fingerprint density at radius 3 is 2.79 bits per heavy atom. The maximum Gasteiger partial charge on any atom is 0.229 e. The number of nitrogens with zero attached hydrogens (tertiary/aromatic N) is 5. The van der Waals surface area contributed by atoms with Crippen molar-refractivity contribution in [3.05, 3.63) is 6.20 Å². The van der Waals surface area contributed by atoms with Gasteiger partial charge in [-0.15, -0.1) is 0 Å². The molecule has 19 heavy (non-hydrogen) atoms. The van der Waals surface area contributed by atoms with E-state index in [1.54, 1.807) is 22.8 Å². The van der Waals surface area contributed by atoms with Gasteiger partial charge >= 0.3 is 0 Å². The Hall–Kier alpha value is -1.93. The summed E-state index contributed by atoms with van der Waals surface area (Å²) >= 11 is 0. The molecular formula is C11H18N6O2. The molecule has 104 valence electrons. The van der Waals surface area contributed by atoms with E-state index in [4.69, 9.17) is 10.2 Å². The first-order valence-electron chi connectivity index (χ1n) is 6.04. The Labute approximate surface area is 110 Å². The van der Waals surface area contributed by atoms with Crippen LogP contribution in [0.5, 0.6) is 0 Å². The SMILES string of the molecule is CN(CCO)c1nc(NCCO)c2cnn(C)c2n1. The number of rotatable bonds is 6. The number of hydrogen-bond acceptors (Lipinski definition) is 7. The van der Waals surface area contributed by atoms with Crippen molar-refractivity contribution in [2.75, 3.05) is 43.6 Å². The van der Waals surface area contributed by atoms with E-state index >= 15 is 0 Å². The van der Waals surface area contributed by atoms with Crippen molar-refractivity contribution >= 4 is 22.8 Å². The van der Waals surface area contributed by atoms with Crippen LogP contribution in [0.25, 0.3) is 11.0 Å². The van der Waals surface area contributed by atoms with Gasteiger partial charge in [-0.1, -0.05) is 0 Å². The predicted molar refractivity (Wildman–Crippen MR) is 72.2 cm³/mol. The average molecular weight is 266 g/mol. The molecule has 0 saturated heterocycles. The quantitative estimate of drug-likeness (QED) is 0.629.